The second-order valence-electron chi connectivity index (χ2n) is 6.54. The van der Waals surface area contributed by atoms with Gasteiger partial charge in [-0.3, -0.25) is 0 Å². The van der Waals surface area contributed by atoms with E-state index in [9.17, 15) is 0 Å². The first-order valence-electron chi connectivity index (χ1n) is 7.81. The Balaban J connectivity index is 2.34. The highest BCUT2D eigenvalue weighted by Crippen LogP contribution is 2.45. The van der Waals surface area contributed by atoms with Crippen molar-refractivity contribution in [2.75, 3.05) is 4.43 Å². The van der Waals surface area contributed by atoms with Crippen molar-refractivity contribution < 1.29 is 0 Å². The number of allylic oxidation sites excluding steroid dienone is 6. The summed E-state index contributed by atoms with van der Waals surface area (Å²) >= 11 is 6.27. The third kappa shape index (κ3) is 3.79. The summed E-state index contributed by atoms with van der Waals surface area (Å²) in [6, 6.07) is 0. The third-order valence-electron chi connectivity index (χ3n) is 4.90. The van der Waals surface area contributed by atoms with Gasteiger partial charge in [-0.15, -0.1) is 0 Å². The van der Waals surface area contributed by atoms with E-state index in [1.165, 1.54) is 34.6 Å². The summed E-state index contributed by atoms with van der Waals surface area (Å²) in [5, 5.41) is 0. The Morgan fingerprint density at radius 1 is 1.35 bits per heavy atom. The molecule has 0 nitrogen and oxygen atoms in total. The summed E-state index contributed by atoms with van der Waals surface area (Å²) in [5.74, 6) is 3.08. The summed E-state index contributed by atoms with van der Waals surface area (Å²) in [4.78, 5) is 0. The molecule has 0 N–H and O–H groups in total. The van der Waals surface area contributed by atoms with Gasteiger partial charge in [-0.2, -0.15) is 0 Å². The maximum atomic E-state index is 3.69. The van der Waals surface area contributed by atoms with E-state index in [-0.39, 0.29) is 0 Å². The number of hydrogen-bond donors (Lipinski definition) is 0. The van der Waals surface area contributed by atoms with Crippen LogP contribution in [-0.2, 0) is 0 Å². The highest BCUT2D eigenvalue weighted by Gasteiger charge is 2.32. The van der Waals surface area contributed by atoms with E-state index in [0.29, 0.717) is 5.92 Å². The average Bonchev–Trinajstić information content (AvgIpc) is 2.38. The quantitative estimate of drug-likeness (QED) is 0.257. The summed E-state index contributed by atoms with van der Waals surface area (Å²) in [6.07, 6.45) is 12.2. The molecule has 0 bridgehead atoms. The Kier molecular flexibility index (Phi) is 6.40. The average molecular weight is 449 g/mol. The second kappa shape index (κ2) is 7.62. The Hall–Kier alpha value is 0.430. The SMILES string of the molecule is C/C=C\C1CC(C)CC(C2CC=C(Br)CC2C)=C1CI. The summed E-state index contributed by atoms with van der Waals surface area (Å²) in [5.41, 5.74) is 3.54. The monoisotopic (exact) mass is 448 g/mol. The lowest BCUT2D eigenvalue weighted by Crippen LogP contribution is -2.26. The van der Waals surface area contributed by atoms with Gasteiger partial charge in [-0.05, 0) is 60.8 Å². The Morgan fingerprint density at radius 3 is 2.70 bits per heavy atom. The number of hydrogen-bond acceptors (Lipinski definition) is 0. The van der Waals surface area contributed by atoms with Crippen molar-refractivity contribution in [2.24, 2.45) is 23.7 Å². The van der Waals surface area contributed by atoms with Crippen LogP contribution in [0.2, 0.25) is 0 Å². The third-order valence-corrected chi connectivity index (χ3v) is 6.37. The van der Waals surface area contributed by atoms with Gasteiger partial charge >= 0.3 is 0 Å². The predicted octanol–water partition coefficient (Wildman–Crippen LogP) is 6.67. The van der Waals surface area contributed by atoms with Crippen molar-refractivity contribution >= 4 is 38.5 Å². The number of halogens is 2. The van der Waals surface area contributed by atoms with Crippen LogP contribution in [0.25, 0.3) is 0 Å². The number of rotatable bonds is 3. The van der Waals surface area contributed by atoms with Crippen LogP contribution in [0.3, 0.4) is 0 Å². The second-order valence-corrected chi connectivity index (χ2v) is 8.32. The first kappa shape index (κ1) is 16.8. The van der Waals surface area contributed by atoms with E-state index in [1.54, 1.807) is 11.1 Å². The zero-order valence-corrected chi connectivity index (χ0v) is 16.6. The van der Waals surface area contributed by atoms with E-state index >= 15 is 0 Å². The van der Waals surface area contributed by atoms with Crippen LogP contribution in [0.4, 0.5) is 0 Å². The van der Waals surface area contributed by atoms with Crippen LogP contribution < -0.4 is 0 Å². The van der Waals surface area contributed by atoms with E-state index in [4.69, 9.17) is 0 Å². The smallest absolute Gasteiger partial charge is 0.0214 e. The molecule has 0 amide bonds. The highest BCUT2D eigenvalue weighted by molar-refractivity contribution is 14.1. The molecule has 4 unspecified atom stereocenters. The fourth-order valence-corrected chi connectivity index (χ4v) is 5.66. The van der Waals surface area contributed by atoms with Crippen molar-refractivity contribution in [3.05, 3.63) is 33.9 Å². The van der Waals surface area contributed by atoms with Crippen LogP contribution in [0.5, 0.6) is 0 Å². The lowest BCUT2D eigenvalue weighted by atomic mass is 9.69. The van der Waals surface area contributed by atoms with Gasteiger partial charge in [-0.1, -0.05) is 81.7 Å². The van der Waals surface area contributed by atoms with Gasteiger partial charge in [0.2, 0.25) is 0 Å². The summed E-state index contributed by atoms with van der Waals surface area (Å²) < 4.78 is 2.61. The molecule has 112 valence electrons. The molecule has 0 radical (unpaired) electrons. The van der Waals surface area contributed by atoms with E-state index < -0.39 is 0 Å². The molecule has 0 spiro atoms. The van der Waals surface area contributed by atoms with Crippen LogP contribution in [-0.4, -0.2) is 4.43 Å². The van der Waals surface area contributed by atoms with Gasteiger partial charge in [0.05, 0.1) is 0 Å². The molecule has 2 rings (SSSR count). The molecule has 0 saturated heterocycles. The zero-order chi connectivity index (χ0) is 14.7. The molecular weight excluding hydrogens is 423 g/mol. The van der Waals surface area contributed by atoms with Gasteiger partial charge in [0, 0.05) is 4.43 Å². The molecule has 0 aromatic carbocycles. The molecule has 2 aliphatic rings. The van der Waals surface area contributed by atoms with Crippen molar-refractivity contribution in [3.63, 3.8) is 0 Å². The van der Waals surface area contributed by atoms with Crippen LogP contribution in [0.15, 0.2) is 33.9 Å². The van der Waals surface area contributed by atoms with Crippen molar-refractivity contribution in [1.82, 2.24) is 0 Å². The van der Waals surface area contributed by atoms with Gasteiger partial charge < -0.3 is 0 Å². The van der Waals surface area contributed by atoms with Crippen LogP contribution in [0, 0.1) is 23.7 Å². The molecule has 4 atom stereocenters. The standard InChI is InChI=1S/C18H26BrI/c1-4-5-14-8-12(2)9-17(18(14)11-20)16-7-6-15(19)10-13(16)3/h4-6,12-14,16H,7-11H2,1-3H3/b5-4-. The van der Waals surface area contributed by atoms with Crippen LogP contribution >= 0.6 is 38.5 Å². The molecule has 0 aromatic heterocycles. The maximum absolute atomic E-state index is 3.69. The zero-order valence-electron chi connectivity index (χ0n) is 12.8. The molecule has 0 heterocycles. The van der Waals surface area contributed by atoms with Gasteiger partial charge in [0.25, 0.3) is 0 Å². The Bertz CT molecular complexity index is 433. The topological polar surface area (TPSA) is 0 Å². The minimum atomic E-state index is 0.692. The van der Waals surface area contributed by atoms with Crippen molar-refractivity contribution in [1.29, 1.82) is 0 Å². The Morgan fingerprint density at radius 2 is 2.10 bits per heavy atom. The largest absolute Gasteiger partial charge is 0.0911 e. The fraction of sp³-hybridized carbons (Fsp3) is 0.667. The molecule has 0 fully saturated rings. The van der Waals surface area contributed by atoms with Gasteiger partial charge in [0.15, 0.2) is 0 Å². The minimum Gasteiger partial charge on any atom is -0.0911 e. The van der Waals surface area contributed by atoms with Crippen molar-refractivity contribution in [3.8, 4) is 0 Å². The molecule has 2 heteroatoms. The van der Waals surface area contributed by atoms with E-state index in [2.05, 4.69) is 77.5 Å². The number of alkyl halides is 1. The van der Waals surface area contributed by atoms with E-state index in [1.807, 2.05) is 0 Å². The van der Waals surface area contributed by atoms with Crippen LogP contribution in [0.1, 0.15) is 46.5 Å². The normalized spacial score (nSPS) is 35.5. The molecular formula is C18H26BrI. The molecule has 20 heavy (non-hydrogen) atoms. The lowest BCUT2D eigenvalue weighted by molar-refractivity contribution is 0.341. The fourth-order valence-electron chi connectivity index (χ4n) is 3.91. The molecule has 0 aliphatic heterocycles. The minimum absolute atomic E-state index is 0.692. The van der Waals surface area contributed by atoms with Gasteiger partial charge in [-0.25, -0.2) is 0 Å². The predicted molar refractivity (Wildman–Crippen MR) is 102 cm³/mol. The summed E-state index contributed by atoms with van der Waals surface area (Å²) in [6.45, 7) is 7.02. The molecule has 2 aliphatic carbocycles. The van der Waals surface area contributed by atoms with Crippen molar-refractivity contribution in [2.45, 2.75) is 46.5 Å². The lowest BCUT2D eigenvalue weighted by Gasteiger charge is -2.38. The highest BCUT2D eigenvalue weighted by atomic mass is 127. The first-order valence-corrected chi connectivity index (χ1v) is 10.1. The van der Waals surface area contributed by atoms with E-state index in [0.717, 1.165) is 17.8 Å². The maximum Gasteiger partial charge on any atom is 0.0214 e. The van der Waals surface area contributed by atoms with Gasteiger partial charge in [0.1, 0.15) is 0 Å². The molecule has 0 saturated carbocycles. The molecule has 0 aromatic rings. The Labute approximate surface area is 146 Å². The first-order chi connectivity index (χ1) is 9.56. The summed E-state index contributed by atoms with van der Waals surface area (Å²) in [7, 11) is 0.